The second-order valence-corrected chi connectivity index (χ2v) is 6.13. The van der Waals surface area contributed by atoms with Gasteiger partial charge in [-0.15, -0.1) is 0 Å². The number of anilines is 1. The molecule has 1 atom stereocenters. The van der Waals surface area contributed by atoms with Crippen molar-refractivity contribution < 1.29 is 9.13 Å². The van der Waals surface area contributed by atoms with E-state index < -0.39 is 0 Å². The number of aryl methyl sites for hydroxylation is 2. The Morgan fingerprint density at radius 3 is 2.96 bits per heavy atom. The third kappa shape index (κ3) is 2.91. The number of benzene rings is 1. The lowest BCUT2D eigenvalue weighted by molar-refractivity contribution is 0.240. The average molecular weight is 318 g/mol. The van der Waals surface area contributed by atoms with Gasteiger partial charge in [-0.1, -0.05) is 12.1 Å². The lowest BCUT2D eigenvalue weighted by atomic mass is 10.00. The minimum atomic E-state index is -0.291. The average Bonchev–Trinajstić information content (AvgIpc) is 2.79. The van der Waals surface area contributed by atoms with Crippen molar-refractivity contribution in [3.63, 3.8) is 0 Å². The topological polar surface area (TPSA) is 42.3 Å². The number of rotatable bonds is 4. The van der Waals surface area contributed by atoms with Crippen LogP contribution in [0.25, 0.3) is 0 Å². The second kappa shape index (κ2) is 6.20. The lowest BCUT2D eigenvalue weighted by Gasteiger charge is -2.27. The highest BCUT2D eigenvalue weighted by atomic mass is 19.1. The van der Waals surface area contributed by atoms with Crippen molar-refractivity contribution >= 4 is 5.82 Å². The SMILES string of the molecule is Cc1nn(C)c(N(C)C)c1CN[C@@H]1CCOc2c(F)cccc21. The maximum atomic E-state index is 13.9. The minimum Gasteiger partial charge on any atom is -0.490 e. The molecule has 1 aromatic carbocycles. The molecule has 0 amide bonds. The number of hydrogen-bond donors (Lipinski definition) is 1. The molecule has 0 radical (unpaired) electrons. The van der Waals surface area contributed by atoms with Crippen LogP contribution >= 0.6 is 0 Å². The molecule has 3 rings (SSSR count). The number of ether oxygens (including phenoxy) is 1. The first-order valence-corrected chi connectivity index (χ1v) is 7.83. The molecule has 23 heavy (non-hydrogen) atoms. The fraction of sp³-hybridized carbons (Fsp3) is 0.471. The van der Waals surface area contributed by atoms with Crippen LogP contribution in [-0.2, 0) is 13.6 Å². The molecular weight excluding hydrogens is 295 g/mol. The normalized spacial score (nSPS) is 16.8. The summed E-state index contributed by atoms with van der Waals surface area (Å²) in [5.41, 5.74) is 3.07. The van der Waals surface area contributed by atoms with Gasteiger partial charge in [0.25, 0.3) is 0 Å². The predicted molar refractivity (Wildman–Crippen MR) is 88.4 cm³/mol. The first-order valence-electron chi connectivity index (χ1n) is 7.83. The molecule has 0 bridgehead atoms. The number of nitrogens with zero attached hydrogens (tertiary/aromatic N) is 3. The molecule has 1 aliphatic heterocycles. The van der Waals surface area contributed by atoms with E-state index in [1.807, 2.05) is 38.8 Å². The standard InChI is InChI=1S/C17H23FN4O/c1-11-13(17(21(2)3)22(4)20-11)10-19-15-8-9-23-16-12(15)6-5-7-14(16)18/h5-7,15,19H,8-10H2,1-4H3/t15-/m1/s1. The van der Waals surface area contributed by atoms with Gasteiger partial charge in [0, 0.05) is 51.3 Å². The van der Waals surface area contributed by atoms with Crippen LogP contribution in [0, 0.1) is 12.7 Å². The van der Waals surface area contributed by atoms with Crippen molar-refractivity contribution in [2.45, 2.75) is 25.9 Å². The Morgan fingerprint density at radius 2 is 2.22 bits per heavy atom. The van der Waals surface area contributed by atoms with E-state index in [9.17, 15) is 4.39 Å². The van der Waals surface area contributed by atoms with Gasteiger partial charge in [-0.25, -0.2) is 4.39 Å². The lowest BCUT2D eigenvalue weighted by Crippen LogP contribution is -2.28. The Hall–Kier alpha value is -2.08. The number of fused-ring (bicyclic) bond motifs is 1. The van der Waals surface area contributed by atoms with Crippen molar-refractivity contribution in [2.24, 2.45) is 7.05 Å². The molecule has 1 aliphatic rings. The Morgan fingerprint density at radius 1 is 1.43 bits per heavy atom. The van der Waals surface area contributed by atoms with Crippen molar-refractivity contribution in [1.82, 2.24) is 15.1 Å². The number of nitrogens with one attached hydrogen (secondary N) is 1. The minimum absolute atomic E-state index is 0.0871. The number of para-hydroxylation sites is 1. The summed E-state index contributed by atoms with van der Waals surface area (Å²) >= 11 is 0. The summed E-state index contributed by atoms with van der Waals surface area (Å²) in [6.07, 6.45) is 0.826. The van der Waals surface area contributed by atoms with Crippen molar-refractivity contribution in [1.29, 1.82) is 0 Å². The highest BCUT2D eigenvalue weighted by Gasteiger charge is 2.24. The third-order valence-corrected chi connectivity index (χ3v) is 4.29. The molecule has 1 aromatic heterocycles. The molecule has 0 unspecified atom stereocenters. The molecule has 6 heteroatoms. The molecule has 2 aromatic rings. The summed E-state index contributed by atoms with van der Waals surface area (Å²) < 4.78 is 21.3. The predicted octanol–water partition coefficient (Wildman–Crippen LogP) is 2.55. The molecule has 1 N–H and O–H groups in total. The van der Waals surface area contributed by atoms with Gasteiger partial charge in [-0.2, -0.15) is 5.10 Å². The van der Waals surface area contributed by atoms with Crippen molar-refractivity contribution in [3.8, 4) is 5.75 Å². The summed E-state index contributed by atoms with van der Waals surface area (Å²) in [6.45, 7) is 3.23. The smallest absolute Gasteiger partial charge is 0.165 e. The summed E-state index contributed by atoms with van der Waals surface area (Å²) in [7, 11) is 5.98. The highest BCUT2D eigenvalue weighted by Crippen LogP contribution is 2.34. The molecule has 0 saturated heterocycles. The number of halogens is 1. The van der Waals surface area contributed by atoms with Gasteiger partial charge < -0.3 is 15.0 Å². The van der Waals surface area contributed by atoms with E-state index in [4.69, 9.17) is 4.74 Å². The monoisotopic (exact) mass is 318 g/mol. The second-order valence-electron chi connectivity index (χ2n) is 6.13. The number of aromatic nitrogens is 2. The van der Waals surface area contributed by atoms with Gasteiger partial charge in [-0.05, 0) is 13.0 Å². The first-order chi connectivity index (χ1) is 11.0. The van der Waals surface area contributed by atoms with E-state index in [1.165, 1.54) is 11.6 Å². The van der Waals surface area contributed by atoms with Gasteiger partial charge in [0.1, 0.15) is 5.82 Å². The van der Waals surface area contributed by atoms with Gasteiger partial charge in [-0.3, -0.25) is 4.68 Å². The maximum absolute atomic E-state index is 13.9. The summed E-state index contributed by atoms with van der Waals surface area (Å²) in [5.74, 6) is 1.18. The zero-order chi connectivity index (χ0) is 16.6. The van der Waals surface area contributed by atoms with Gasteiger partial charge in [0.05, 0.1) is 12.3 Å². The van der Waals surface area contributed by atoms with Gasteiger partial charge in [0.15, 0.2) is 11.6 Å². The van der Waals surface area contributed by atoms with Gasteiger partial charge in [0.2, 0.25) is 0 Å². The van der Waals surface area contributed by atoms with Crippen LogP contribution in [0.3, 0.4) is 0 Å². The Labute approximate surface area is 136 Å². The third-order valence-electron chi connectivity index (χ3n) is 4.29. The first kappa shape index (κ1) is 15.8. The largest absolute Gasteiger partial charge is 0.490 e. The maximum Gasteiger partial charge on any atom is 0.165 e. The van der Waals surface area contributed by atoms with E-state index >= 15 is 0 Å². The molecule has 0 fully saturated rings. The van der Waals surface area contributed by atoms with Crippen LogP contribution < -0.4 is 15.0 Å². The fourth-order valence-electron chi connectivity index (χ4n) is 3.28. The molecule has 124 valence electrons. The van der Waals surface area contributed by atoms with Crippen LogP contribution in [0.15, 0.2) is 18.2 Å². The molecule has 5 nitrogen and oxygen atoms in total. The molecule has 2 heterocycles. The zero-order valence-corrected chi connectivity index (χ0v) is 14.1. The van der Waals surface area contributed by atoms with E-state index in [-0.39, 0.29) is 11.9 Å². The van der Waals surface area contributed by atoms with E-state index in [0.717, 1.165) is 23.5 Å². The Kier molecular flexibility index (Phi) is 4.26. The fourth-order valence-corrected chi connectivity index (χ4v) is 3.28. The number of hydrogen-bond acceptors (Lipinski definition) is 4. The summed E-state index contributed by atoms with van der Waals surface area (Å²) in [5, 5.41) is 8.05. The van der Waals surface area contributed by atoms with Gasteiger partial charge >= 0.3 is 0 Å². The van der Waals surface area contributed by atoms with E-state index in [2.05, 4.69) is 15.3 Å². The van der Waals surface area contributed by atoms with Crippen LogP contribution in [0.1, 0.15) is 29.3 Å². The van der Waals surface area contributed by atoms with Crippen LogP contribution in [0.2, 0.25) is 0 Å². The van der Waals surface area contributed by atoms with Crippen LogP contribution in [0.4, 0.5) is 10.2 Å². The molecule has 0 saturated carbocycles. The zero-order valence-electron chi connectivity index (χ0n) is 14.1. The quantitative estimate of drug-likeness (QED) is 0.941. The van der Waals surface area contributed by atoms with Crippen molar-refractivity contribution in [2.75, 3.05) is 25.6 Å². The summed E-state index contributed by atoms with van der Waals surface area (Å²) in [4.78, 5) is 2.06. The highest BCUT2D eigenvalue weighted by molar-refractivity contribution is 5.49. The molecule has 0 spiro atoms. The molecular formula is C17H23FN4O. The molecule has 0 aliphatic carbocycles. The summed E-state index contributed by atoms with van der Waals surface area (Å²) in [6, 6.07) is 5.19. The van der Waals surface area contributed by atoms with E-state index in [0.29, 0.717) is 18.9 Å². The Bertz CT molecular complexity index is 711. The van der Waals surface area contributed by atoms with Crippen LogP contribution in [0.5, 0.6) is 5.75 Å². The van der Waals surface area contributed by atoms with Crippen molar-refractivity contribution in [3.05, 3.63) is 40.8 Å². The van der Waals surface area contributed by atoms with E-state index in [1.54, 1.807) is 6.07 Å². The van der Waals surface area contributed by atoms with Crippen LogP contribution in [-0.4, -0.2) is 30.5 Å². The Balaban J connectivity index is 1.82.